The van der Waals surface area contributed by atoms with Gasteiger partial charge in [0.2, 0.25) is 0 Å². The van der Waals surface area contributed by atoms with Crippen molar-refractivity contribution in [3.63, 3.8) is 0 Å². The van der Waals surface area contributed by atoms with E-state index in [9.17, 15) is 9.59 Å². The molecule has 1 atom stereocenters. The first kappa shape index (κ1) is 30.7. The molecular weight excluding hydrogens is 570 g/mol. The van der Waals surface area contributed by atoms with E-state index in [4.69, 9.17) is 19.7 Å². The maximum absolute atomic E-state index is 14.0. The molecule has 0 amide bonds. The van der Waals surface area contributed by atoms with Gasteiger partial charge in [-0.2, -0.15) is 5.26 Å². The minimum Gasteiger partial charge on any atom is -0.489 e. The van der Waals surface area contributed by atoms with Crippen LogP contribution in [0.4, 0.5) is 0 Å². The average Bonchev–Trinajstić information content (AvgIpc) is 3.34. The van der Waals surface area contributed by atoms with Crippen molar-refractivity contribution in [2.24, 2.45) is 4.99 Å². The number of hydrogen-bond acceptors (Lipinski definition) is 7. The van der Waals surface area contributed by atoms with Crippen LogP contribution in [-0.2, 0) is 16.1 Å². The molecule has 1 aromatic heterocycles. The number of thiazole rings is 1. The van der Waals surface area contributed by atoms with Crippen molar-refractivity contribution in [2.45, 2.75) is 59.1 Å². The van der Waals surface area contributed by atoms with Crippen molar-refractivity contribution in [2.75, 3.05) is 6.61 Å². The third-order valence-corrected chi connectivity index (χ3v) is 8.46. The summed E-state index contributed by atoms with van der Waals surface area (Å²) < 4.78 is 13.6. The molecule has 0 N–H and O–H groups in total. The summed E-state index contributed by atoms with van der Waals surface area (Å²) in [6, 6.07) is 24.4. The maximum atomic E-state index is 14.0. The second kappa shape index (κ2) is 13.7. The van der Waals surface area contributed by atoms with Crippen LogP contribution in [-0.4, -0.2) is 17.1 Å². The number of carbonyl (C=O) groups excluding carboxylic acids is 1. The lowest BCUT2D eigenvalue weighted by Gasteiger charge is -2.26. The minimum absolute atomic E-state index is 0.204. The molecule has 2 heterocycles. The quantitative estimate of drug-likeness (QED) is 0.202. The van der Waals surface area contributed by atoms with E-state index in [2.05, 4.69) is 32.0 Å². The summed E-state index contributed by atoms with van der Waals surface area (Å²) in [6.07, 6.45) is 3.25. The van der Waals surface area contributed by atoms with Crippen LogP contribution in [0.5, 0.6) is 5.75 Å². The predicted molar refractivity (Wildman–Crippen MR) is 172 cm³/mol. The van der Waals surface area contributed by atoms with Crippen LogP contribution >= 0.6 is 11.3 Å². The number of nitriles is 1. The van der Waals surface area contributed by atoms with Gasteiger partial charge in [0.05, 0.1) is 40.1 Å². The molecule has 0 fully saturated rings. The van der Waals surface area contributed by atoms with Gasteiger partial charge in [0.25, 0.3) is 5.56 Å². The maximum Gasteiger partial charge on any atom is 0.338 e. The Morgan fingerprint density at radius 2 is 1.75 bits per heavy atom. The van der Waals surface area contributed by atoms with E-state index in [0.717, 1.165) is 23.1 Å². The number of hydrogen-bond donors (Lipinski definition) is 0. The van der Waals surface area contributed by atoms with Crippen LogP contribution in [0.1, 0.15) is 80.3 Å². The Kier molecular flexibility index (Phi) is 9.56. The van der Waals surface area contributed by atoms with Crippen molar-refractivity contribution in [1.82, 2.24) is 4.57 Å². The summed E-state index contributed by atoms with van der Waals surface area (Å²) in [6.45, 7) is 8.71. The minimum atomic E-state index is -0.631. The first-order chi connectivity index (χ1) is 21.3. The number of esters is 1. The highest BCUT2D eigenvalue weighted by molar-refractivity contribution is 7.07. The van der Waals surface area contributed by atoms with Crippen LogP contribution in [0, 0.1) is 11.3 Å². The molecule has 224 valence electrons. The monoisotopic (exact) mass is 605 g/mol. The van der Waals surface area contributed by atoms with Crippen molar-refractivity contribution in [1.29, 1.82) is 5.26 Å². The van der Waals surface area contributed by atoms with Gasteiger partial charge in [-0.15, -0.1) is 0 Å². The Balaban J connectivity index is 1.51. The fourth-order valence-corrected chi connectivity index (χ4v) is 6.17. The van der Waals surface area contributed by atoms with Gasteiger partial charge in [-0.05, 0) is 71.9 Å². The van der Waals surface area contributed by atoms with E-state index < -0.39 is 12.0 Å². The van der Waals surface area contributed by atoms with Crippen molar-refractivity contribution < 1.29 is 14.3 Å². The molecule has 44 heavy (non-hydrogen) atoms. The molecule has 0 spiro atoms. The van der Waals surface area contributed by atoms with Crippen LogP contribution in [0.25, 0.3) is 6.08 Å². The summed E-state index contributed by atoms with van der Waals surface area (Å²) in [5, 5.41) is 8.98. The van der Waals surface area contributed by atoms with E-state index in [1.54, 1.807) is 23.6 Å². The number of benzene rings is 3. The lowest BCUT2D eigenvalue weighted by atomic mass is 9.92. The highest BCUT2D eigenvalue weighted by Crippen LogP contribution is 2.33. The molecule has 0 saturated heterocycles. The third-order valence-electron chi connectivity index (χ3n) is 7.48. The van der Waals surface area contributed by atoms with Crippen LogP contribution in [0.2, 0.25) is 0 Å². The predicted octanol–water partition coefficient (Wildman–Crippen LogP) is 6.15. The van der Waals surface area contributed by atoms with E-state index in [1.165, 1.54) is 16.9 Å². The smallest absolute Gasteiger partial charge is 0.338 e. The van der Waals surface area contributed by atoms with Crippen LogP contribution < -0.4 is 19.6 Å². The van der Waals surface area contributed by atoms with Gasteiger partial charge in [-0.1, -0.05) is 87.1 Å². The molecule has 3 aromatic carbocycles. The summed E-state index contributed by atoms with van der Waals surface area (Å²) in [7, 11) is 0. The van der Waals surface area contributed by atoms with E-state index in [1.807, 2.05) is 61.5 Å². The number of fused-ring (bicyclic) bond motifs is 1. The zero-order valence-electron chi connectivity index (χ0n) is 25.4. The number of rotatable bonds is 10. The van der Waals surface area contributed by atoms with E-state index in [0.29, 0.717) is 50.9 Å². The second-order valence-electron chi connectivity index (χ2n) is 10.9. The van der Waals surface area contributed by atoms with Gasteiger partial charge < -0.3 is 9.47 Å². The topological polar surface area (TPSA) is 93.7 Å². The molecule has 0 saturated carbocycles. The number of allylic oxidation sites excluding steroid dienone is 1. The molecular formula is C36H35N3O4S. The zero-order valence-corrected chi connectivity index (χ0v) is 26.2. The van der Waals surface area contributed by atoms with Crippen LogP contribution in [0.15, 0.2) is 93.9 Å². The van der Waals surface area contributed by atoms with Gasteiger partial charge in [0.15, 0.2) is 4.80 Å². The summed E-state index contributed by atoms with van der Waals surface area (Å²) in [4.78, 5) is 32.8. The number of carbonyl (C=O) groups is 1. The SMILES string of the molecule is CCCC1=C(C(=O)OCC)[C@H](c2ccc(C(C)C)cc2)n2c(s/c(=C\c3ccc(OCc4ccc(C#N)cc4)cc3)c2=O)=N1. The van der Waals surface area contributed by atoms with Gasteiger partial charge in [-0.25, -0.2) is 9.79 Å². The van der Waals surface area contributed by atoms with Crippen molar-refractivity contribution in [3.8, 4) is 11.8 Å². The molecule has 4 aromatic rings. The number of ether oxygens (including phenoxy) is 2. The molecule has 0 unspecified atom stereocenters. The molecule has 1 aliphatic rings. The Morgan fingerprint density at radius 3 is 2.36 bits per heavy atom. The van der Waals surface area contributed by atoms with Crippen molar-refractivity contribution >= 4 is 23.4 Å². The fourth-order valence-electron chi connectivity index (χ4n) is 5.15. The molecule has 8 heteroatoms. The van der Waals surface area contributed by atoms with Gasteiger partial charge in [-0.3, -0.25) is 9.36 Å². The van der Waals surface area contributed by atoms with Gasteiger partial charge in [0, 0.05) is 0 Å². The number of nitrogens with zero attached hydrogens (tertiary/aromatic N) is 3. The highest BCUT2D eigenvalue weighted by Gasteiger charge is 2.34. The van der Waals surface area contributed by atoms with Crippen LogP contribution in [0.3, 0.4) is 0 Å². The fraction of sp³-hybridized carbons (Fsp3) is 0.278. The molecule has 0 bridgehead atoms. The van der Waals surface area contributed by atoms with E-state index >= 15 is 0 Å². The Bertz CT molecular complexity index is 1890. The highest BCUT2D eigenvalue weighted by atomic mass is 32.1. The summed E-state index contributed by atoms with van der Waals surface area (Å²) in [5.74, 6) is 0.610. The normalized spacial score (nSPS) is 14.6. The largest absolute Gasteiger partial charge is 0.489 e. The first-order valence-corrected chi connectivity index (χ1v) is 15.7. The summed E-state index contributed by atoms with van der Waals surface area (Å²) >= 11 is 1.32. The van der Waals surface area contributed by atoms with Gasteiger partial charge >= 0.3 is 5.97 Å². The summed E-state index contributed by atoms with van der Waals surface area (Å²) in [5.41, 5.74) is 5.33. The lowest BCUT2D eigenvalue weighted by Crippen LogP contribution is -2.40. The average molecular weight is 606 g/mol. The molecule has 5 rings (SSSR count). The van der Waals surface area contributed by atoms with E-state index in [-0.39, 0.29) is 12.2 Å². The van der Waals surface area contributed by atoms with Crippen molar-refractivity contribution in [3.05, 3.63) is 132 Å². The first-order valence-electron chi connectivity index (χ1n) is 14.9. The molecule has 7 nitrogen and oxygen atoms in total. The lowest BCUT2D eigenvalue weighted by molar-refractivity contribution is -0.139. The third kappa shape index (κ3) is 6.58. The second-order valence-corrected chi connectivity index (χ2v) is 11.9. The molecule has 0 aliphatic carbocycles. The number of aromatic nitrogens is 1. The van der Waals surface area contributed by atoms with Gasteiger partial charge in [0.1, 0.15) is 12.4 Å². The molecule has 0 radical (unpaired) electrons. The Morgan fingerprint density at radius 1 is 1.05 bits per heavy atom. The standard InChI is InChI=1S/C36H35N3O4S/c1-5-7-30-32(35(41)42-6-2)33(28-16-14-27(15-17-28)23(3)4)39-34(40)31(44-36(39)38-30)20-24-12-18-29(19-13-24)43-22-26-10-8-25(21-37)9-11-26/h8-20,23,33H,5-7,22H2,1-4H3/b31-20-/t33-/m0/s1. The Hall–Kier alpha value is -4.74. The zero-order chi connectivity index (χ0) is 31.2. The Labute approximate surface area is 261 Å². The molecule has 1 aliphatic heterocycles.